The minimum Gasteiger partial charge on any atom is -0.761 e. The Balaban J connectivity index is 1.34. The molecule has 7 rings (SSSR count). The summed E-state index contributed by atoms with van der Waals surface area (Å²) in [6.45, 7) is 4.74. The van der Waals surface area contributed by atoms with E-state index in [4.69, 9.17) is 26.2 Å². The van der Waals surface area contributed by atoms with Crippen LogP contribution in [0.2, 0.25) is 5.02 Å². The van der Waals surface area contributed by atoms with E-state index in [1.54, 1.807) is 35.3 Å². The molecular weight excluding hydrogens is 745 g/mol. The Morgan fingerprint density at radius 2 is 1.78 bits per heavy atom. The first-order valence-corrected chi connectivity index (χ1v) is 20.2. The predicted molar refractivity (Wildman–Crippen MR) is 212 cm³/mol. The standard InChI is InChI=1S/C41H42ClFN5O6S/c1-4-34-38-33(44-46(34)3)25-47(55(51,52)36-16-7-6-14-32(36)45-50)21-8-9-22-48-39-30(19-20-31(42)37(38)39)29(40(48)41(49)53-5-2)13-11-23-54-35-15-10-12-26-24-27(43)17-18-28(26)35/h6-7,10,12,14-20,24,45H,4-5,8-9,11,13,21-23,25H2,1-3H3/q-1. The van der Waals surface area contributed by atoms with Gasteiger partial charge in [-0.2, -0.15) is 9.40 Å². The summed E-state index contributed by atoms with van der Waals surface area (Å²) >= 11 is 7.17. The Bertz CT molecular complexity index is 2520. The molecule has 1 N–H and O–H groups in total. The first-order valence-electron chi connectivity index (χ1n) is 18.4. The van der Waals surface area contributed by atoms with Gasteiger partial charge in [0.25, 0.3) is 0 Å². The van der Waals surface area contributed by atoms with Crippen molar-refractivity contribution in [3.8, 4) is 16.9 Å². The number of carbonyl (C=O) groups is 1. The maximum Gasteiger partial charge on any atom is 0.355 e. The zero-order chi connectivity index (χ0) is 38.9. The minimum absolute atomic E-state index is 0.0411. The Labute approximate surface area is 324 Å². The van der Waals surface area contributed by atoms with E-state index in [9.17, 15) is 22.8 Å². The second-order valence-corrected chi connectivity index (χ2v) is 15.8. The van der Waals surface area contributed by atoms with Crippen LogP contribution in [0, 0.1) is 11.0 Å². The molecule has 1 aliphatic rings. The topological polar surface area (TPSA) is 131 Å². The lowest BCUT2D eigenvalue weighted by Crippen LogP contribution is -2.32. The zero-order valence-electron chi connectivity index (χ0n) is 30.9. The number of para-hydroxylation sites is 1. The number of ether oxygens (including phenoxy) is 2. The average Bonchev–Trinajstić information content (AvgIpc) is 3.65. The third-order valence-electron chi connectivity index (χ3n) is 10.2. The molecule has 11 nitrogen and oxygen atoms in total. The van der Waals surface area contributed by atoms with Gasteiger partial charge in [0.05, 0.1) is 36.0 Å². The molecule has 0 saturated carbocycles. The number of hydrogen-bond donors (Lipinski definition) is 1. The van der Waals surface area contributed by atoms with Gasteiger partial charge < -0.3 is 24.7 Å². The van der Waals surface area contributed by atoms with Crippen LogP contribution in [0.25, 0.3) is 32.8 Å². The van der Waals surface area contributed by atoms with Crippen molar-refractivity contribution in [3.05, 3.63) is 111 Å². The van der Waals surface area contributed by atoms with E-state index >= 15 is 0 Å². The van der Waals surface area contributed by atoms with Crippen molar-refractivity contribution in [2.24, 2.45) is 7.05 Å². The molecule has 0 atom stereocenters. The fourth-order valence-electron chi connectivity index (χ4n) is 7.77. The summed E-state index contributed by atoms with van der Waals surface area (Å²) in [4.78, 5) is 13.9. The molecule has 1 aliphatic heterocycles. The van der Waals surface area contributed by atoms with Gasteiger partial charge in [-0.1, -0.05) is 48.9 Å². The fraction of sp³-hybridized carbons (Fsp3) is 0.317. The van der Waals surface area contributed by atoms with Crippen LogP contribution in [-0.4, -0.2) is 52.8 Å². The summed E-state index contributed by atoms with van der Waals surface area (Å²) in [5.74, 6) is -0.131. The van der Waals surface area contributed by atoms with E-state index in [0.29, 0.717) is 78.5 Å². The summed E-state index contributed by atoms with van der Waals surface area (Å²) in [5, 5.41) is 19.5. The van der Waals surface area contributed by atoms with Crippen molar-refractivity contribution in [2.75, 3.05) is 25.2 Å². The molecule has 0 aliphatic carbocycles. The first-order chi connectivity index (χ1) is 26.6. The van der Waals surface area contributed by atoms with Gasteiger partial charge in [-0.05, 0) is 92.4 Å². The SMILES string of the molecule is CCOC(=O)c1c(CCCOc2cccc3cc(F)ccc23)c2ccc(Cl)c3c2n1CCCCN(S(=O)(=O)c1ccccc1N[O-])Cc1nn(C)c(CC)c1-3. The summed E-state index contributed by atoms with van der Waals surface area (Å²) in [6, 6.07) is 19.9. The van der Waals surface area contributed by atoms with Crippen LogP contribution >= 0.6 is 11.6 Å². The van der Waals surface area contributed by atoms with Gasteiger partial charge >= 0.3 is 5.97 Å². The monoisotopic (exact) mass is 786 g/mol. The third-order valence-corrected chi connectivity index (χ3v) is 12.4. The van der Waals surface area contributed by atoms with Crippen molar-refractivity contribution >= 4 is 55.0 Å². The van der Waals surface area contributed by atoms with Gasteiger partial charge in [0, 0.05) is 53.4 Å². The van der Waals surface area contributed by atoms with Crippen molar-refractivity contribution in [2.45, 2.75) is 63.9 Å². The lowest BCUT2D eigenvalue weighted by Gasteiger charge is -2.24. The number of carbonyl (C=O) groups excluding carboxylic acids is 1. The van der Waals surface area contributed by atoms with Gasteiger partial charge in [-0.25, -0.2) is 17.6 Å². The van der Waals surface area contributed by atoms with Gasteiger partial charge in [-0.15, -0.1) is 0 Å². The number of esters is 1. The highest BCUT2D eigenvalue weighted by molar-refractivity contribution is 7.89. The molecular formula is C41H42ClFN5O6S-. The predicted octanol–water partition coefficient (Wildman–Crippen LogP) is 8.63. The number of anilines is 1. The highest BCUT2D eigenvalue weighted by atomic mass is 35.5. The average molecular weight is 787 g/mol. The number of aromatic nitrogens is 3. The minimum atomic E-state index is -4.16. The van der Waals surface area contributed by atoms with E-state index < -0.39 is 16.0 Å². The molecule has 0 amide bonds. The van der Waals surface area contributed by atoms with Crippen LogP contribution < -0.4 is 10.2 Å². The molecule has 0 spiro atoms. The van der Waals surface area contributed by atoms with Gasteiger partial charge in [-0.3, -0.25) is 4.68 Å². The van der Waals surface area contributed by atoms with Crippen molar-refractivity contribution in [3.63, 3.8) is 0 Å². The summed E-state index contributed by atoms with van der Waals surface area (Å²) < 4.78 is 59.4. The van der Waals surface area contributed by atoms with E-state index in [2.05, 4.69) is 0 Å². The van der Waals surface area contributed by atoms with Gasteiger partial charge in [0.15, 0.2) is 0 Å². The Hall–Kier alpha value is -4.95. The highest BCUT2D eigenvalue weighted by Gasteiger charge is 2.33. The molecule has 0 radical (unpaired) electrons. The molecule has 14 heteroatoms. The fourth-order valence-corrected chi connectivity index (χ4v) is 9.60. The summed E-state index contributed by atoms with van der Waals surface area (Å²) in [6.07, 6.45) is 2.58. The number of hydrogen-bond acceptors (Lipinski definition) is 8. The van der Waals surface area contributed by atoms with E-state index in [1.807, 2.05) is 48.9 Å². The normalized spacial score (nSPS) is 13.8. The van der Waals surface area contributed by atoms with Crippen molar-refractivity contribution in [1.29, 1.82) is 0 Å². The van der Waals surface area contributed by atoms with Crippen LogP contribution in [0.3, 0.4) is 0 Å². The smallest absolute Gasteiger partial charge is 0.355 e. The molecule has 2 aromatic heterocycles. The maximum atomic E-state index is 14.3. The largest absolute Gasteiger partial charge is 0.761 e. The van der Waals surface area contributed by atoms with Crippen LogP contribution in [0.5, 0.6) is 5.75 Å². The second kappa shape index (κ2) is 16.0. The Kier molecular flexibility index (Phi) is 11.2. The molecule has 0 saturated heterocycles. The number of nitrogens with zero attached hydrogens (tertiary/aromatic N) is 4. The highest BCUT2D eigenvalue weighted by Crippen LogP contribution is 2.44. The second-order valence-electron chi connectivity index (χ2n) is 13.5. The number of rotatable bonds is 11. The van der Waals surface area contributed by atoms with Crippen molar-refractivity contribution < 1.29 is 27.1 Å². The maximum absolute atomic E-state index is 14.3. The van der Waals surface area contributed by atoms with Crippen LogP contribution in [0.1, 0.15) is 60.5 Å². The summed E-state index contributed by atoms with van der Waals surface area (Å²) in [7, 11) is -2.34. The number of aryl methyl sites for hydroxylation is 3. The van der Waals surface area contributed by atoms with Crippen LogP contribution in [0.15, 0.2) is 77.7 Å². The molecule has 55 heavy (non-hydrogen) atoms. The number of nitrogens with one attached hydrogen (secondary N) is 1. The quantitative estimate of drug-likeness (QED) is 0.0785. The molecule has 288 valence electrons. The van der Waals surface area contributed by atoms with Crippen LogP contribution in [0.4, 0.5) is 10.1 Å². The van der Waals surface area contributed by atoms with Crippen molar-refractivity contribution in [1.82, 2.24) is 18.7 Å². The zero-order valence-corrected chi connectivity index (χ0v) is 32.5. The Morgan fingerprint density at radius 3 is 2.56 bits per heavy atom. The summed E-state index contributed by atoms with van der Waals surface area (Å²) in [5.41, 5.74) is 6.43. The number of benzene rings is 4. The third kappa shape index (κ3) is 7.17. The van der Waals surface area contributed by atoms with Crippen LogP contribution in [-0.2, 0) is 47.7 Å². The van der Waals surface area contributed by atoms with E-state index in [1.165, 1.54) is 28.6 Å². The van der Waals surface area contributed by atoms with E-state index in [0.717, 1.165) is 32.9 Å². The molecule has 0 bridgehead atoms. The van der Waals surface area contributed by atoms with E-state index in [-0.39, 0.29) is 36.1 Å². The molecule has 4 aromatic carbocycles. The number of halogens is 2. The van der Waals surface area contributed by atoms with Gasteiger partial charge in [0.2, 0.25) is 10.0 Å². The lowest BCUT2D eigenvalue weighted by molar-refractivity contribution is 0.0512. The molecule has 6 aromatic rings. The molecule has 0 fully saturated rings. The number of sulfonamides is 1. The Morgan fingerprint density at radius 1 is 1.00 bits per heavy atom. The number of fused-ring (bicyclic) bond motifs is 3. The first kappa shape index (κ1) is 38.3. The molecule has 3 heterocycles. The lowest BCUT2D eigenvalue weighted by atomic mass is 9.97. The molecule has 0 unspecified atom stereocenters. The van der Waals surface area contributed by atoms with Gasteiger partial charge in [0.1, 0.15) is 22.2 Å².